The quantitative estimate of drug-likeness (QED) is 0.657. The van der Waals surface area contributed by atoms with Crippen molar-refractivity contribution in [2.75, 3.05) is 17.7 Å². The molecule has 26 heavy (non-hydrogen) atoms. The molecule has 2 bridgehead atoms. The van der Waals surface area contributed by atoms with Crippen molar-refractivity contribution >= 4 is 28.6 Å². The Bertz CT molecular complexity index is 939. The zero-order valence-electron chi connectivity index (χ0n) is 14.7. The van der Waals surface area contributed by atoms with Gasteiger partial charge in [0.15, 0.2) is 12.1 Å². The van der Waals surface area contributed by atoms with Gasteiger partial charge in [-0.15, -0.1) is 0 Å². The number of aromatic amines is 2. The molecule has 5 rings (SSSR count). The number of nitrogens with one attached hydrogen (secondary N) is 4. The van der Waals surface area contributed by atoms with Gasteiger partial charge in [-0.1, -0.05) is 17.5 Å². The van der Waals surface area contributed by atoms with Crippen LogP contribution in [0.25, 0.3) is 11.2 Å². The number of anilines is 3. The fourth-order valence-electron chi connectivity index (χ4n) is 4.47. The summed E-state index contributed by atoms with van der Waals surface area (Å²) in [6.07, 6.45) is 7.13. The van der Waals surface area contributed by atoms with E-state index in [1.54, 1.807) is 13.4 Å². The van der Waals surface area contributed by atoms with Gasteiger partial charge in [0.1, 0.15) is 5.75 Å². The van der Waals surface area contributed by atoms with Crippen molar-refractivity contribution in [2.45, 2.75) is 31.7 Å². The van der Waals surface area contributed by atoms with Crippen LogP contribution in [0.2, 0.25) is 0 Å². The molecule has 2 aromatic heterocycles. The fourth-order valence-corrected chi connectivity index (χ4v) is 4.47. The van der Waals surface area contributed by atoms with Crippen molar-refractivity contribution in [3.63, 3.8) is 0 Å². The first kappa shape index (κ1) is 15.4. The molecule has 0 aliphatic heterocycles. The molecule has 2 heterocycles. The highest BCUT2D eigenvalue weighted by Crippen LogP contribution is 2.45. The van der Waals surface area contributed by atoms with Crippen LogP contribution in [-0.4, -0.2) is 28.1 Å². The molecule has 2 aliphatic carbocycles. The Morgan fingerprint density at radius 3 is 3.00 bits per heavy atom. The molecule has 1 aromatic carbocycles. The highest BCUT2D eigenvalue weighted by Gasteiger charge is 2.40. The lowest BCUT2D eigenvalue weighted by atomic mass is 9.95. The van der Waals surface area contributed by atoms with E-state index in [1.165, 1.54) is 25.7 Å². The third-order valence-corrected chi connectivity index (χ3v) is 5.72. The van der Waals surface area contributed by atoms with Crippen molar-refractivity contribution < 1.29 is 9.72 Å². The lowest BCUT2D eigenvalue weighted by Crippen LogP contribution is -2.26. The summed E-state index contributed by atoms with van der Waals surface area (Å²) in [5.74, 6) is 3.88. The van der Waals surface area contributed by atoms with E-state index in [-0.39, 0.29) is 0 Å². The van der Waals surface area contributed by atoms with Crippen molar-refractivity contribution in [3.8, 4) is 5.75 Å². The minimum Gasteiger partial charge on any atom is -0.497 e. The monoisotopic (exact) mass is 351 g/mol. The molecule has 3 atom stereocenters. The van der Waals surface area contributed by atoms with E-state index in [9.17, 15) is 0 Å². The summed E-state index contributed by atoms with van der Waals surface area (Å²) >= 11 is 0. The lowest BCUT2D eigenvalue weighted by Gasteiger charge is -2.23. The highest BCUT2D eigenvalue weighted by molar-refractivity contribution is 5.82. The van der Waals surface area contributed by atoms with Crippen molar-refractivity contribution in [1.29, 1.82) is 0 Å². The maximum absolute atomic E-state index is 5.29. The molecule has 7 nitrogen and oxygen atoms in total. The number of hydrogen-bond acceptors (Lipinski definition) is 5. The van der Waals surface area contributed by atoms with E-state index >= 15 is 0 Å². The van der Waals surface area contributed by atoms with Gasteiger partial charge in [0.2, 0.25) is 5.52 Å². The normalized spacial score (nSPS) is 24.1. The van der Waals surface area contributed by atoms with Crippen LogP contribution in [0.1, 0.15) is 25.7 Å². The predicted octanol–water partition coefficient (Wildman–Crippen LogP) is 3.12. The summed E-state index contributed by atoms with van der Waals surface area (Å²) in [7, 11) is 1.66. The summed E-state index contributed by atoms with van der Waals surface area (Å²) in [5, 5.41) is 6.97. The number of fused-ring (bicyclic) bond motifs is 3. The first-order valence-corrected chi connectivity index (χ1v) is 9.23. The Morgan fingerprint density at radius 2 is 2.19 bits per heavy atom. The van der Waals surface area contributed by atoms with E-state index < -0.39 is 0 Å². The van der Waals surface area contributed by atoms with Crippen LogP contribution >= 0.6 is 0 Å². The van der Waals surface area contributed by atoms with Gasteiger partial charge in [0.05, 0.1) is 7.11 Å². The van der Waals surface area contributed by atoms with Crippen LogP contribution in [-0.2, 0) is 0 Å². The van der Waals surface area contributed by atoms with Crippen LogP contribution in [0.4, 0.5) is 17.5 Å². The molecule has 0 saturated heterocycles. The van der Waals surface area contributed by atoms with Crippen LogP contribution < -0.4 is 20.4 Å². The van der Waals surface area contributed by atoms with Crippen molar-refractivity contribution in [1.82, 2.24) is 15.0 Å². The third kappa shape index (κ3) is 2.73. The average Bonchev–Trinajstić information content (AvgIpc) is 3.38. The molecule has 2 fully saturated rings. The van der Waals surface area contributed by atoms with Gasteiger partial charge >= 0.3 is 11.6 Å². The van der Waals surface area contributed by atoms with Gasteiger partial charge < -0.3 is 15.4 Å². The van der Waals surface area contributed by atoms with Crippen LogP contribution in [0.3, 0.4) is 0 Å². The summed E-state index contributed by atoms with van der Waals surface area (Å²) in [5.41, 5.74) is 2.60. The van der Waals surface area contributed by atoms with E-state index in [4.69, 9.17) is 9.72 Å². The molecular weight excluding hydrogens is 328 g/mol. The Hall–Kier alpha value is -2.83. The van der Waals surface area contributed by atoms with Crippen molar-refractivity contribution in [2.24, 2.45) is 11.8 Å². The highest BCUT2D eigenvalue weighted by atomic mass is 16.5. The van der Waals surface area contributed by atoms with Gasteiger partial charge in [0, 0.05) is 17.8 Å². The van der Waals surface area contributed by atoms with Crippen LogP contribution in [0, 0.1) is 11.8 Å². The van der Waals surface area contributed by atoms with Gasteiger partial charge in [-0.25, -0.2) is 4.98 Å². The number of H-pyrrole nitrogens is 2. The average molecular weight is 351 g/mol. The molecule has 3 unspecified atom stereocenters. The Balaban J connectivity index is 1.45. The van der Waals surface area contributed by atoms with E-state index in [0.717, 1.165) is 40.3 Å². The molecule has 3 aromatic rings. The third-order valence-electron chi connectivity index (χ3n) is 5.72. The fraction of sp³-hybridized carbons (Fsp3) is 0.421. The number of benzene rings is 1. The molecule has 2 aliphatic rings. The molecule has 0 spiro atoms. The minimum atomic E-state index is 0.514. The Labute approximate surface area is 151 Å². The standard InChI is InChI=1S/C19H22N6O/c1-26-14-4-2-3-13(9-14)22-19-24-17-16(20-10-21-17)18(25-19)23-15-8-11-5-6-12(15)7-11/h2-4,9-12,15H,5-8H2,1H3,(H3,20,21,22,23,24,25)/p+1. The van der Waals surface area contributed by atoms with Gasteiger partial charge in [-0.3, -0.25) is 4.98 Å². The number of ether oxygens (including phenoxy) is 1. The predicted molar refractivity (Wildman–Crippen MR) is 99.6 cm³/mol. The second kappa shape index (κ2) is 6.16. The summed E-state index contributed by atoms with van der Waals surface area (Å²) < 4.78 is 5.29. The number of nitrogens with zero attached hydrogens (tertiary/aromatic N) is 2. The number of rotatable bonds is 5. The topological polar surface area (TPSA) is 89.0 Å². The first-order chi connectivity index (χ1) is 12.8. The maximum atomic E-state index is 5.29. The second-order valence-corrected chi connectivity index (χ2v) is 7.34. The largest absolute Gasteiger partial charge is 0.497 e. The molecular formula is C19H23N6O+. The SMILES string of the molecule is COc1cccc(Nc2nc(NC3CC4CCC3C4)c3[nH]c[nH+]c3n2)c1. The summed E-state index contributed by atoms with van der Waals surface area (Å²) in [6, 6.07) is 8.27. The van der Waals surface area contributed by atoms with E-state index in [2.05, 4.69) is 25.6 Å². The molecule has 134 valence electrons. The molecule has 2 saturated carbocycles. The van der Waals surface area contributed by atoms with Gasteiger partial charge in [-0.05, 0) is 43.2 Å². The number of aromatic nitrogens is 4. The maximum Gasteiger partial charge on any atom is 0.307 e. The second-order valence-electron chi connectivity index (χ2n) is 7.34. The number of methoxy groups -OCH3 is 1. The number of imidazole rings is 1. The van der Waals surface area contributed by atoms with Gasteiger partial charge in [0.25, 0.3) is 0 Å². The zero-order valence-corrected chi connectivity index (χ0v) is 14.7. The molecule has 0 radical (unpaired) electrons. The van der Waals surface area contributed by atoms with Gasteiger partial charge in [-0.2, -0.15) is 4.98 Å². The minimum absolute atomic E-state index is 0.514. The smallest absolute Gasteiger partial charge is 0.307 e. The summed E-state index contributed by atoms with van der Waals surface area (Å²) in [6.45, 7) is 0. The van der Waals surface area contributed by atoms with Crippen LogP contribution in [0.5, 0.6) is 5.75 Å². The Kier molecular flexibility index (Phi) is 3.65. The summed E-state index contributed by atoms with van der Waals surface area (Å²) in [4.78, 5) is 15.7. The number of hydrogen-bond donors (Lipinski definition) is 3. The lowest BCUT2D eigenvalue weighted by molar-refractivity contribution is -0.347. The molecule has 4 N–H and O–H groups in total. The van der Waals surface area contributed by atoms with E-state index in [1.807, 2.05) is 24.3 Å². The Morgan fingerprint density at radius 1 is 1.23 bits per heavy atom. The van der Waals surface area contributed by atoms with E-state index in [0.29, 0.717) is 12.0 Å². The molecule has 7 heteroatoms. The zero-order chi connectivity index (χ0) is 17.5. The van der Waals surface area contributed by atoms with Crippen molar-refractivity contribution in [3.05, 3.63) is 30.6 Å². The van der Waals surface area contributed by atoms with Crippen LogP contribution in [0.15, 0.2) is 30.6 Å². The molecule has 0 amide bonds. The first-order valence-electron chi connectivity index (χ1n) is 9.23.